The van der Waals surface area contributed by atoms with Crippen LogP contribution in [0.5, 0.6) is 0 Å². The van der Waals surface area contributed by atoms with Crippen molar-refractivity contribution in [2.24, 2.45) is 0 Å². The summed E-state index contributed by atoms with van der Waals surface area (Å²) >= 11 is 0. The fourth-order valence-electron chi connectivity index (χ4n) is 3.03. The lowest BCUT2D eigenvalue weighted by molar-refractivity contribution is 0.327. The van der Waals surface area contributed by atoms with E-state index in [1.807, 2.05) is 0 Å². The second-order valence-electron chi connectivity index (χ2n) is 5.31. The van der Waals surface area contributed by atoms with Gasteiger partial charge in [0, 0.05) is 0 Å². The van der Waals surface area contributed by atoms with E-state index in [2.05, 4.69) is 46.2 Å². The highest BCUT2D eigenvalue weighted by molar-refractivity contribution is 7.25. The van der Waals surface area contributed by atoms with Gasteiger partial charge in [0.1, 0.15) is 0 Å². The van der Waals surface area contributed by atoms with Gasteiger partial charge in [-0.05, 0) is 36.0 Å². The van der Waals surface area contributed by atoms with Gasteiger partial charge < -0.3 is 0 Å². The van der Waals surface area contributed by atoms with Crippen LogP contribution >= 0.6 is 18.5 Å². The van der Waals surface area contributed by atoms with Gasteiger partial charge in [0.25, 0.3) is 0 Å². The summed E-state index contributed by atoms with van der Waals surface area (Å²) in [6.07, 6.45) is 10.6. The molecule has 2 heteroatoms. The lowest BCUT2D eigenvalue weighted by Crippen LogP contribution is -2.44. The van der Waals surface area contributed by atoms with Crippen LogP contribution in [0.25, 0.3) is 0 Å². The molecule has 0 aromatic rings. The Hall–Kier alpha value is 0.860. The van der Waals surface area contributed by atoms with Crippen LogP contribution in [-0.2, 0) is 0 Å². The zero-order chi connectivity index (χ0) is 12.7. The number of rotatable bonds is 9. The second-order valence-corrected chi connectivity index (χ2v) is 7.52. The monoisotopic (exact) mass is 262 g/mol. The lowest BCUT2D eigenvalue weighted by atomic mass is 9.77. The van der Waals surface area contributed by atoms with Crippen LogP contribution in [0.2, 0.25) is 0 Å². The van der Waals surface area contributed by atoms with E-state index in [0.29, 0.717) is 10.3 Å². The van der Waals surface area contributed by atoms with Crippen LogP contribution in [0.15, 0.2) is 0 Å². The standard InChI is InChI=1S/C14H32P2/c1-5-9-13(15,10-6-2)14(16,11-7-3)12-8-4/h5-12,15-16H2,1-4H3. The molecule has 0 aliphatic rings. The van der Waals surface area contributed by atoms with Crippen LogP contribution in [-0.4, -0.2) is 10.3 Å². The molecule has 16 heavy (non-hydrogen) atoms. The molecule has 0 radical (unpaired) electrons. The molecule has 0 nitrogen and oxygen atoms in total. The van der Waals surface area contributed by atoms with Gasteiger partial charge in [-0.15, -0.1) is 18.5 Å². The maximum absolute atomic E-state index is 3.23. The molecule has 0 aromatic carbocycles. The third-order valence-corrected chi connectivity index (χ3v) is 6.41. The smallest absolute Gasteiger partial charge is 0.00599 e. The molecule has 0 fully saturated rings. The maximum Gasteiger partial charge on any atom is -0.00599 e. The fraction of sp³-hybridized carbons (Fsp3) is 1.00. The Bertz CT molecular complexity index is 146. The van der Waals surface area contributed by atoms with E-state index in [-0.39, 0.29) is 0 Å². The van der Waals surface area contributed by atoms with Gasteiger partial charge in [-0.3, -0.25) is 0 Å². The van der Waals surface area contributed by atoms with E-state index in [1.54, 1.807) is 0 Å². The summed E-state index contributed by atoms with van der Waals surface area (Å²) in [4.78, 5) is 0. The summed E-state index contributed by atoms with van der Waals surface area (Å²) in [7, 11) is 6.46. The topological polar surface area (TPSA) is 0 Å². The Kier molecular flexibility index (Phi) is 8.48. The molecule has 2 unspecified atom stereocenters. The Morgan fingerprint density at radius 3 is 0.875 bits per heavy atom. The van der Waals surface area contributed by atoms with E-state index in [9.17, 15) is 0 Å². The zero-order valence-electron chi connectivity index (χ0n) is 11.8. The maximum atomic E-state index is 3.23. The lowest BCUT2D eigenvalue weighted by Gasteiger charge is -2.47. The molecular formula is C14H32P2. The van der Waals surface area contributed by atoms with Gasteiger partial charge in [0.15, 0.2) is 0 Å². The molecular weight excluding hydrogens is 230 g/mol. The van der Waals surface area contributed by atoms with Gasteiger partial charge in [0.2, 0.25) is 0 Å². The highest BCUT2D eigenvalue weighted by atomic mass is 31.0. The molecule has 0 heterocycles. The molecule has 0 aliphatic carbocycles. The summed E-state index contributed by atoms with van der Waals surface area (Å²) in [6.45, 7) is 9.27. The molecule has 0 amide bonds. The van der Waals surface area contributed by atoms with Crippen molar-refractivity contribution in [3.05, 3.63) is 0 Å². The quantitative estimate of drug-likeness (QED) is 0.487. The van der Waals surface area contributed by atoms with E-state index in [1.165, 1.54) is 51.4 Å². The minimum absolute atomic E-state index is 0.438. The van der Waals surface area contributed by atoms with Crippen LogP contribution in [0.1, 0.15) is 79.1 Å². The third kappa shape index (κ3) is 4.27. The minimum atomic E-state index is 0.438. The Balaban J connectivity index is 4.90. The van der Waals surface area contributed by atoms with Crippen molar-refractivity contribution in [1.29, 1.82) is 0 Å². The molecule has 2 atom stereocenters. The number of hydrogen-bond acceptors (Lipinski definition) is 0. The third-order valence-electron chi connectivity index (χ3n) is 3.78. The van der Waals surface area contributed by atoms with Gasteiger partial charge in [-0.2, -0.15) is 0 Å². The Morgan fingerprint density at radius 1 is 0.562 bits per heavy atom. The average Bonchev–Trinajstić information content (AvgIpc) is 2.19. The van der Waals surface area contributed by atoms with Gasteiger partial charge in [-0.1, -0.05) is 53.4 Å². The molecule has 98 valence electrons. The van der Waals surface area contributed by atoms with E-state index in [0.717, 1.165) is 0 Å². The van der Waals surface area contributed by atoms with Crippen molar-refractivity contribution in [1.82, 2.24) is 0 Å². The van der Waals surface area contributed by atoms with Gasteiger partial charge >= 0.3 is 0 Å². The van der Waals surface area contributed by atoms with Gasteiger partial charge in [-0.25, -0.2) is 0 Å². The fourth-order valence-corrected chi connectivity index (χ4v) is 4.76. The molecule has 0 saturated heterocycles. The van der Waals surface area contributed by atoms with E-state index in [4.69, 9.17) is 0 Å². The van der Waals surface area contributed by atoms with Crippen molar-refractivity contribution in [2.45, 2.75) is 89.4 Å². The Morgan fingerprint density at radius 2 is 0.750 bits per heavy atom. The van der Waals surface area contributed by atoms with Crippen molar-refractivity contribution in [3.8, 4) is 0 Å². The molecule has 0 aliphatic heterocycles. The van der Waals surface area contributed by atoms with Crippen LogP contribution in [0.4, 0.5) is 0 Å². The predicted octanol–water partition coefficient (Wildman–Crippen LogP) is 5.41. The molecule has 0 saturated carbocycles. The van der Waals surface area contributed by atoms with Crippen molar-refractivity contribution >= 4 is 18.5 Å². The molecule has 0 N–H and O–H groups in total. The highest BCUT2D eigenvalue weighted by Gasteiger charge is 2.41. The minimum Gasteiger partial charge on any atom is -0.130 e. The van der Waals surface area contributed by atoms with Crippen LogP contribution < -0.4 is 0 Å². The molecule has 0 bridgehead atoms. The first-order chi connectivity index (χ1) is 7.49. The first-order valence-electron chi connectivity index (χ1n) is 7.07. The van der Waals surface area contributed by atoms with Crippen molar-refractivity contribution in [2.75, 3.05) is 0 Å². The average molecular weight is 262 g/mol. The first-order valence-corrected chi connectivity index (χ1v) is 8.22. The summed E-state index contributed by atoms with van der Waals surface area (Å²) in [5.74, 6) is 0. The normalized spacial score (nSPS) is 13.1. The second kappa shape index (κ2) is 8.05. The molecule has 0 aromatic heterocycles. The predicted molar refractivity (Wildman–Crippen MR) is 84.5 cm³/mol. The summed E-state index contributed by atoms with van der Waals surface area (Å²) in [5.41, 5.74) is 0. The highest BCUT2D eigenvalue weighted by Crippen LogP contribution is 2.50. The van der Waals surface area contributed by atoms with Crippen molar-refractivity contribution in [3.63, 3.8) is 0 Å². The Labute approximate surface area is 108 Å². The summed E-state index contributed by atoms with van der Waals surface area (Å²) < 4.78 is 0. The number of hydrogen-bond donors (Lipinski definition) is 0. The van der Waals surface area contributed by atoms with E-state index < -0.39 is 0 Å². The first kappa shape index (κ1) is 16.9. The van der Waals surface area contributed by atoms with Crippen molar-refractivity contribution < 1.29 is 0 Å². The largest absolute Gasteiger partial charge is 0.130 e. The van der Waals surface area contributed by atoms with Gasteiger partial charge in [0.05, 0.1) is 0 Å². The zero-order valence-corrected chi connectivity index (χ0v) is 14.1. The summed E-state index contributed by atoms with van der Waals surface area (Å²) in [5, 5.41) is 0.875. The van der Waals surface area contributed by atoms with Crippen LogP contribution in [0, 0.1) is 0 Å². The van der Waals surface area contributed by atoms with E-state index >= 15 is 0 Å². The molecule has 0 rings (SSSR count). The summed E-state index contributed by atoms with van der Waals surface area (Å²) in [6, 6.07) is 0. The SMILES string of the molecule is CCCC(P)(CCC)C(P)(CCC)CCC. The molecule has 0 spiro atoms. The van der Waals surface area contributed by atoms with Crippen LogP contribution in [0.3, 0.4) is 0 Å².